The molecule has 4 rings (SSSR count). The lowest BCUT2D eigenvalue weighted by molar-refractivity contribution is -0.143. The van der Waals surface area contributed by atoms with Crippen LogP contribution in [-0.2, 0) is 25.3 Å². The van der Waals surface area contributed by atoms with Crippen molar-refractivity contribution >= 4 is 0 Å². The molecule has 1 heterocycles. The van der Waals surface area contributed by atoms with Gasteiger partial charge in [-0.15, -0.1) is 0 Å². The van der Waals surface area contributed by atoms with Crippen LogP contribution in [0.15, 0.2) is 73.2 Å². The van der Waals surface area contributed by atoms with Crippen LogP contribution in [-0.4, -0.2) is 9.55 Å². The number of nitrogens with zero attached hydrogens (tertiary/aromatic N) is 3. The lowest BCUT2D eigenvalue weighted by Crippen LogP contribution is -2.11. The molecule has 0 aliphatic carbocycles. The number of aryl methyl sites for hydroxylation is 1. The maximum atomic E-state index is 13.3. The summed E-state index contributed by atoms with van der Waals surface area (Å²) in [6, 6.07) is 15.8. The molecular weight excluding hydrogens is 480 g/mol. The molecule has 0 aliphatic heterocycles. The van der Waals surface area contributed by atoms with E-state index in [4.69, 9.17) is 5.26 Å². The van der Waals surface area contributed by atoms with Gasteiger partial charge in [-0.1, -0.05) is 30.3 Å². The normalized spacial score (nSPS) is 11.9. The van der Waals surface area contributed by atoms with Gasteiger partial charge >= 0.3 is 12.4 Å². The Morgan fingerprint density at radius 1 is 0.833 bits per heavy atom. The third-order valence-electron chi connectivity index (χ3n) is 5.81. The molecule has 3 aromatic carbocycles. The molecule has 0 fully saturated rings. The van der Waals surface area contributed by atoms with Gasteiger partial charge in [-0.2, -0.15) is 31.6 Å². The van der Waals surface area contributed by atoms with Crippen molar-refractivity contribution in [1.29, 1.82) is 5.26 Å². The minimum Gasteiger partial charge on any atom is -0.330 e. The van der Waals surface area contributed by atoms with Crippen molar-refractivity contribution < 1.29 is 26.3 Å². The van der Waals surface area contributed by atoms with Gasteiger partial charge in [0, 0.05) is 24.9 Å². The van der Waals surface area contributed by atoms with E-state index in [1.165, 1.54) is 6.07 Å². The monoisotopic (exact) mass is 499 g/mol. The molecule has 0 N–H and O–H groups in total. The highest BCUT2D eigenvalue weighted by atomic mass is 19.4. The van der Waals surface area contributed by atoms with E-state index in [1.54, 1.807) is 43.7 Å². The fraction of sp³-hybridized carbons (Fsp3) is 0.185. The number of aromatic nitrogens is 2. The average molecular weight is 499 g/mol. The number of alkyl halides is 6. The van der Waals surface area contributed by atoms with E-state index in [2.05, 4.69) is 11.1 Å². The summed E-state index contributed by atoms with van der Waals surface area (Å²) < 4.78 is 81.5. The largest absolute Gasteiger partial charge is 0.416 e. The first-order valence-corrected chi connectivity index (χ1v) is 10.8. The summed E-state index contributed by atoms with van der Waals surface area (Å²) in [4.78, 5) is 4.20. The summed E-state index contributed by atoms with van der Waals surface area (Å²) in [6.07, 6.45) is -5.86. The molecule has 0 saturated carbocycles. The van der Waals surface area contributed by atoms with Gasteiger partial charge in [0.15, 0.2) is 0 Å². The quantitative estimate of drug-likeness (QED) is 0.269. The highest BCUT2D eigenvalue weighted by Crippen LogP contribution is 2.39. The van der Waals surface area contributed by atoms with Crippen LogP contribution in [0, 0.1) is 18.3 Å². The summed E-state index contributed by atoms with van der Waals surface area (Å²) in [7, 11) is 0. The van der Waals surface area contributed by atoms with Crippen LogP contribution >= 0.6 is 0 Å². The van der Waals surface area contributed by atoms with Crippen LogP contribution in [0.4, 0.5) is 26.3 Å². The molecule has 9 heteroatoms. The standard InChI is InChI=1S/C27H19F6N3/c1-17-8-20(15-36-16-35-14-24(36)9-18-2-4-19(13-34)5-3-18)6-7-25(17)21-10-22(26(28,29)30)12-23(11-21)27(31,32)33/h2-8,10-12,14,16H,9,15H2,1H3. The first kappa shape index (κ1) is 25.0. The van der Waals surface area contributed by atoms with Gasteiger partial charge < -0.3 is 4.57 Å². The van der Waals surface area contributed by atoms with Crippen LogP contribution < -0.4 is 0 Å². The minimum atomic E-state index is -4.91. The number of imidazole rings is 1. The van der Waals surface area contributed by atoms with Gasteiger partial charge in [-0.3, -0.25) is 0 Å². The zero-order valence-corrected chi connectivity index (χ0v) is 19.0. The van der Waals surface area contributed by atoms with Gasteiger partial charge in [0.25, 0.3) is 0 Å². The Morgan fingerprint density at radius 2 is 1.44 bits per heavy atom. The predicted octanol–water partition coefficient (Wildman–Crippen LogP) is 7.41. The van der Waals surface area contributed by atoms with E-state index >= 15 is 0 Å². The topological polar surface area (TPSA) is 41.6 Å². The fourth-order valence-electron chi connectivity index (χ4n) is 4.00. The summed E-state index contributed by atoms with van der Waals surface area (Å²) in [6.45, 7) is 2.07. The van der Waals surface area contributed by atoms with Crippen molar-refractivity contribution in [2.75, 3.05) is 0 Å². The number of hydrogen-bond donors (Lipinski definition) is 0. The lowest BCUT2D eigenvalue weighted by Gasteiger charge is -2.16. The maximum absolute atomic E-state index is 13.3. The molecule has 0 aliphatic rings. The number of hydrogen-bond acceptors (Lipinski definition) is 2. The molecule has 184 valence electrons. The molecule has 0 spiro atoms. The smallest absolute Gasteiger partial charge is 0.330 e. The van der Waals surface area contributed by atoms with E-state index < -0.39 is 23.5 Å². The number of nitriles is 1. The molecule has 1 aromatic heterocycles. The van der Waals surface area contributed by atoms with Crippen LogP contribution in [0.25, 0.3) is 11.1 Å². The van der Waals surface area contributed by atoms with Gasteiger partial charge in [-0.05, 0) is 65.1 Å². The van der Waals surface area contributed by atoms with E-state index in [0.717, 1.165) is 29.0 Å². The molecule has 0 saturated heterocycles. The second-order valence-electron chi connectivity index (χ2n) is 8.44. The van der Waals surface area contributed by atoms with Crippen molar-refractivity contribution in [2.24, 2.45) is 0 Å². The van der Waals surface area contributed by atoms with Crippen LogP contribution in [0.5, 0.6) is 0 Å². The zero-order chi connectivity index (χ0) is 26.1. The van der Waals surface area contributed by atoms with Gasteiger partial charge in [0.05, 0.1) is 29.1 Å². The second-order valence-corrected chi connectivity index (χ2v) is 8.44. The Labute approximate surface area is 203 Å². The average Bonchev–Trinajstić information content (AvgIpc) is 3.24. The molecule has 3 nitrogen and oxygen atoms in total. The number of rotatable bonds is 5. The molecule has 0 unspecified atom stereocenters. The summed E-state index contributed by atoms with van der Waals surface area (Å²) in [5.41, 5.74) is 1.28. The van der Waals surface area contributed by atoms with Crippen LogP contribution in [0.3, 0.4) is 0 Å². The van der Waals surface area contributed by atoms with E-state index in [1.807, 2.05) is 16.7 Å². The Hall–Kier alpha value is -4.06. The second kappa shape index (κ2) is 9.53. The molecular formula is C27H19F6N3. The van der Waals surface area contributed by atoms with Crippen LogP contribution in [0.1, 0.15) is 39.1 Å². The number of benzene rings is 3. The number of halogens is 6. The van der Waals surface area contributed by atoms with Crippen LogP contribution in [0.2, 0.25) is 0 Å². The van der Waals surface area contributed by atoms with Crippen molar-refractivity contribution in [3.05, 3.63) is 112 Å². The molecule has 0 amide bonds. The Balaban J connectivity index is 1.61. The Kier molecular flexibility index (Phi) is 6.63. The fourth-order valence-corrected chi connectivity index (χ4v) is 4.00. The SMILES string of the molecule is Cc1cc(Cn2cncc2Cc2ccc(C#N)cc2)ccc1-c1cc(C(F)(F)F)cc(C(F)(F)F)c1. The van der Waals surface area contributed by atoms with Gasteiger partial charge in [0.2, 0.25) is 0 Å². The van der Waals surface area contributed by atoms with E-state index in [0.29, 0.717) is 29.7 Å². The van der Waals surface area contributed by atoms with Crippen molar-refractivity contribution in [1.82, 2.24) is 9.55 Å². The minimum absolute atomic E-state index is 0.127. The summed E-state index contributed by atoms with van der Waals surface area (Å²) in [5, 5.41) is 8.94. The molecule has 0 bridgehead atoms. The van der Waals surface area contributed by atoms with Gasteiger partial charge in [0.1, 0.15) is 0 Å². The van der Waals surface area contributed by atoms with Crippen molar-refractivity contribution in [3.63, 3.8) is 0 Å². The highest BCUT2D eigenvalue weighted by molar-refractivity contribution is 5.69. The Morgan fingerprint density at radius 3 is 2.00 bits per heavy atom. The third-order valence-corrected chi connectivity index (χ3v) is 5.81. The van der Waals surface area contributed by atoms with E-state index in [-0.39, 0.29) is 11.6 Å². The molecule has 0 radical (unpaired) electrons. The van der Waals surface area contributed by atoms with Gasteiger partial charge in [-0.25, -0.2) is 4.98 Å². The molecule has 4 aromatic rings. The van der Waals surface area contributed by atoms with Crippen molar-refractivity contribution in [2.45, 2.75) is 32.2 Å². The van der Waals surface area contributed by atoms with E-state index in [9.17, 15) is 26.3 Å². The molecule has 0 atom stereocenters. The highest BCUT2D eigenvalue weighted by Gasteiger charge is 2.37. The summed E-state index contributed by atoms with van der Waals surface area (Å²) >= 11 is 0. The first-order valence-electron chi connectivity index (χ1n) is 10.8. The first-order chi connectivity index (χ1) is 16.9. The maximum Gasteiger partial charge on any atom is 0.416 e. The predicted molar refractivity (Wildman–Crippen MR) is 122 cm³/mol. The zero-order valence-electron chi connectivity index (χ0n) is 19.0. The third kappa shape index (κ3) is 5.60. The van der Waals surface area contributed by atoms with Crippen molar-refractivity contribution in [3.8, 4) is 17.2 Å². The summed E-state index contributed by atoms with van der Waals surface area (Å²) in [5.74, 6) is 0. The Bertz CT molecular complexity index is 1390. The lowest BCUT2D eigenvalue weighted by atomic mass is 9.94. The molecule has 36 heavy (non-hydrogen) atoms.